The van der Waals surface area contributed by atoms with Gasteiger partial charge >= 0.3 is 0 Å². The number of hydrogen-bond donors (Lipinski definition) is 2. The van der Waals surface area contributed by atoms with Gasteiger partial charge in [-0.1, -0.05) is 49.0 Å². The molecule has 0 radical (unpaired) electrons. The minimum absolute atomic E-state index is 0.119. The molecule has 116 valence electrons. The summed E-state index contributed by atoms with van der Waals surface area (Å²) in [7, 11) is 3.43. The molecule has 2 N–H and O–H groups in total. The first-order chi connectivity index (χ1) is 10.1. The second-order valence-electron chi connectivity index (χ2n) is 4.76. The zero-order chi connectivity index (χ0) is 15.7. The van der Waals surface area contributed by atoms with Crippen molar-refractivity contribution in [3.63, 3.8) is 0 Å². The van der Waals surface area contributed by atoms with Crippen molar-refractivity contribution in [1.29, 1.82) is 0 Å². The summed E-state index contributed by atoms with van der Waals surface area (Å²) in [5, 5.41) is 5.76. The van der Waals surface area contributed by atoms with Crippen LogP contribution in [-0.2, 0) is 9.53 Å². The van der Waals surface area contributed by atoms with Gasteiger partial charge in [0.2, 0.25) is 0 Å². The Hall–Kier alpha value is -1.46. The Bertz CT molecular complexity index is 467. The van der Waals surface area contributed by atoms with Crippen LogP contribution in [0.25, 0.3) is 0 Å². The van der Waals surface area contributed by atoms with E-state index in [0.717, 1.165) is 19.3 Å². The van der Waals surface area contributed by atoms with Crippen molar-refractivity contribution < 1.29 is 9.53 Å². The molecule has 1 amide bonds. The Morgan fingerprint density at radius 1 is 1.57 bits per heavy atom. The first-order valence-corrected chi connectivity index (χ1v) is 7.63. The van der Waals surface area contributed by atoms with Gasteiger partial charge in [-0.05, 0) is 19.3 Å². The molecule has 0 saturated heterocycles. The smallest absolute Gasteiger partial charge is 0.253 e. The molecule has 0 aromatic rings. The maximum absolute atomic E-state index is 12.1. The van der Waals surface area contributed by atoms with Crippen LogP contribution >= 0.6 is 12.2 Å². The van der Waals surface area contributed by atoms with Crippen molar-refractivity contribution in [1.82, 2.24) is 10.6 Å². The van der Waals surface area contributed by atoms with Gasteiger partial charge in [-0.15, -0.1) is 0 Å². The Labute approximate surface area is 132 Å². The summed E-state index contributed by atoms with van der Waals surface area (Å²) in [4.78, 5) is 12.6. The quantitative estimate of drug-likeness (QED) is 0.559. The van der Waals surface area contributed by atoms with Gasteiger partial charge in [0.05, 0.1) is 11.7 Å². The van der Waals surface area contributed by atoms with E-state index in [2.05, 4.69) is 28.9 Å². The molecule has 21 heavy (non-hydrogen) atoms. The Kier molecular flexibility index (Phi) is 7.93. The molecule has 0 spiro atoms. The third kappa shape index (κ3) is 5.81. The maximum Gasteiger partial charge on any atom is 0.253 e. The van der Waals surface area contributed by atoms with E-state index in [1.54, 1.807) is 14.2 Å². The lowest BCUT2D eigenvalue weighted by Crippen LogP contribution is -2.33. The predicted octanol–water partition coefficient (Wildman–Crippen LogP) is 2.28. The molecule has 0 bridgehead atoms. The van der Waals surface area contributed by atoms with Crippen molar-refractivity contribution >= 4 is 23.1 Å². The number of rotatable bonds is 7. The maximum atomic E-state index is 12.1. The van der Waals surface area contributed by atoms with Gasteiger partial charge in [-0.25, -0.2) is 0 Å². The summed E-state index contributed by atoms with van der Waals surface area (Å²) in [5.74, 6) is -0.119. The summed E-state index contributed by atoms with van der Waals surface area (Å²) in [6.45, 7) is 2.58. The molecule has 1 aliphatic rings. The number of amides is 1. The molecule has 0 fully saturated rings. The molecule has 1 rings (SSSR count). The van der Waals surface area contributed by atoms with E-state index in [4.69, 9.17) is 17.0 Å². The molecule has 0 aromatic carbocycles. The van der Waals surface area contributed by atoms with E-state index >= 15 is 0 Å². The molecule has 1 atom stereocenters. The molecule has 5 heteroatoms. The highest BCUT2D eigenvalue weighted by atomic mass is 32.1. The van der Waals surface area contributed by atoms with Crippen LogP contribution < -0.4 is 10.6 Å². The first kappa shape index (κ1) is 17.6. The van der Waals surface area contributed by atoms with Crippen LogP contribution in [0.1, 0.15) is 26.2 Å². The lowest BCUT2D eigenvalue weighted by atomic mass is 10.0. The van der Waals surface area contributed by atoms with Crippen LogP contribution in [0.4, 0.5) is 0 Å². The van der Waals surface area contributed by atoms with Crippen LogP contribution in [0.15, 0.2) is 35.5 Å². The van der Waals surface area contributed by atoms with Crippen molar-refractivity contribution in [2.75, 3.05) is 20.7 Å². The number of hydrogen-bond acceptors (Lipinski definition) is 3. The minimum Gasteiger partial charge on any atom is -0.379 e. The zero-order valence-electron chi connectivity index (χ0n) is 12.9. The van der Waals surface area contributed by atoms with Crippen molar-refractivity contribution in [2.45, 2.75) is 32.3 Å². The van der Waals surface area contributed by atoms with E-state index in [9.17, 15) is 4.79 Å². The monoisotopic (exact) mass is 308 g/mol. The SMILES string of the molecule is CC/C=C(/C(=O)NCCC1=CCC(OC)C=C1)C(=S)NC. The number of nitrogens with one attached hydrogen (secondary N) is 2. The number of thiocarbonyl (C=S) groups is 1. The van der Waals surface area contributed by atoms with Crippen LogP contribution in [0, 0.1) is 0 Å². The fourth-order valence-electron chi connectivity index (χ4n) is 2.05. The van der Waals surface area contributed by atoms with Gasteiger partial charge in [-0.2, -0.15) is 0 Å². The highest BCUT2D eigenvalue weighted by molar-refractivity contribution is 7.80. The first-order valence-electron chi connectivity index (χ1n) is 7.22. The van der Waals surface area contributed by atoms with Crippen LogP contribution in [0.3, 0.4) is 0 Å². The molecular weight excluding hydrogens is 284 g/mol. The normalized spacial score (nSPS) is 18.1. The molecule has 4 nitrogen and oxygen atoms in total. The van der Waals surface area contributed by atoms with E-state index in [-0.39, 0.29) is 12.0 Å². The average Bonchev–Trinajstić information content (AvgIpc) is 2.52. The number of allylic oxidation sites excluding steroid dienone is 2. The number of ether oxygens (including phenoxy) is 1. The lowest BCUT2D eigenvalue weighted by molar-refractivity contribution is -0.117. The van der Waals surface area contributed by atoms with Crippen molar-refractivity contribution in [2.24, 2.45) is 0 Å². The largest absolute Gasteiger partial charge is 0.379 e. The fourth-order valence-corrected chi connectivity index (χ4v) is 2.22. The molecule has 0 saturated carbocycles. The summed E-state index contributed by atoms with van der Waals surface area (Å²) >= 11 is 5.14. The van der Waals surface area contributed by atoms with E-state index < -0.39 is 0 Å². The topological polar surface area (TPSA) is 50.4 Å². The average molecular weight is 308 g/mol. The molecular formula is C16H24N2O2S. The minimum atomic E-state index is -0.119. The van der Waals surface area contributed by atoms with Crippen LogP contribution in [0.5, 0.6) is 0 Å². The molecule has 1 unspecified atom stereocenters. The predicted molar refractivity (Wildman–Crippen MR) is 90.3 cm³/mol. The highest BCUT2D eigenvalue weighted by Gasteiger charge is 2.13. The second-order valence-corrected chi connectivity index (χ2v) is 5.17. The molecule has 1 aliphatic carbocycles. The Morgan fingerprint density at radius 3 is 2.86 bits per heavy atom. The van der Waals surface area contributed by atoms with E-state index in [1.807, 2.05) is 13.0 Å². The summed E-state index contributed by atoms with van der Waals surface area (Å²) in [6.07, 6.45) is 10.8. The van der Waals surface area contributed by atoms with Gasteiger partial charge in [0, 0.05) is 20.7 Å². The molecule has 0 aliphatic heterocycles. The highest BCUT2D eigenvalue weighted by Crippen LogP contribution is 2.15. The third-order valence-electron chi connectivity index (χ3n) is 3.26. The van der Waals surface area contributed by atoms with Gasteiger partial charge < -0.3 is 15.4 Å². The van der Waals surface area contributed by atoms with Crippen molar-refractivity contribution in [3.05, 3.63) is 35.5 Å². The summed E-state index contributed by atoms with van der Waals surface area (Å²) < 4.78 is 5.25. The number of likely N-dealkylation sites (N-methyl/N-ethyl adjacent to an activating group) is 1. The number of carbonyl (C=O) groups excluding carboxylic acids is 1. The molecule has 0 aromatic heterocycles. The van der Waals surface area contributed by atoms with Crippen LogP contribution in [0.2, 0.25) is 0 Å². The zero-order valence-corrected chi connectivity index (χ0v) is 13.8. The number of methoxy groups -OCH3 is 1. The summed E-state index contributed by atoms with van der Waals surface area (Å²) in [6, 6.07) is 0. The van der Waals surface area contributed by atoms with E-state index in [1.165, 1.54) is 5.57 Å². The van der Waals surface area contributed by atoms with Crippen molar-refractivity contribution in [3.8, 4) is 0 Å². The third-order valence-corrected chi connectivity index (χ3v) is 3.69. The fraction of sp³-hybridized carbons (Fsp3) is 0.500. The summed E-state index contributed by atoms with van der Waals surface area (Å²) in [5.41, 5.74) is 1.77. The molecule has 0 heterocycles. The lowest BCUT2D eigenvalue weighted by Gasteiger charge is -2.15. The van der Waals surface area contributed by atoms with Gasteiger partial charge in [0.15, 0.2) is 0 Å². The van der Waals surface area contributed by atoms with Gasteiger partial charge in [0.25, 0.3) is 5.91 Å². The van der Waals surface area contributed by atoms with Gasteiger partial charge in [0.1, 0.15) is 4.99 Å². The Morgan fingerprint density at radius 2 is 2.33 bits per heavy atom. The van der Waals surface area contributed by atoms with Crippen LogP contribution in [-0.4, -0.2) is 37.7 Å². The number of carbonyl (C=O) groups is 1. The van der Waals surface area contributed by atoms with E-state index in [0.29, 0.717) is 17.1 Å². The Balaban J connectivity index is 2.43. The standard InChI is InChI=1S/C16H24N2O2S/c1-4-5-14(16(21)17-2)15(19)18-11-10-12-6-8-13(20-3)9-7-12/h5-8,13H,4,9-11H2,1-3H3,(H,17,21)(H,18,19)/b14-5-. The van der Waals surface area contributed by atoms with Gasteiger partial charge in [-0.3, -0.25) is 4.79 Å². The second kappa shape index (κ2) is 9.47.